The van der Waals surface area contributed by atoms with Gasteiger partial charge in [0.05, 0.1) is 7.11 Å². The fourth-order valence-corrected chi connectivity index (χ4v) is 1.33. The molecule has 0 aromatic carbocycles. The number of anilines is 1. The van der Waals surface area contributed by atoms with Crippen molar-refractivity contribution in [3.05, 3.63) is 26.9 Å². The third-order valence-electron chi connectivity index (χ3n) is 2.45. The van der Waals surface area contributed by atoms with Crippen molar-refractivity contribution in [3.63, 3.8) is 0 Å². The Balaban J connectivity index is 3.13. The normalized spacial score (nSPS) is 12.0. The Morgan fingerprint density at radius 1 is 1.35 bits per heavy atom. The summed E-state index contributed by atoms with van der Waals surface area (Å²) in [4.78, 5) is 34.2. The molecule has 1 unspecified atom stereocenters. The number of esters is 1. The molecule has 0 aliphatic heterocycles. The van der Waals surface area contributed by atoms with E-state index in [4.69, 9.17) is 0 Å². The molecule has 1 atom stereocenters. The van der Waals surface area contributed by atoms with E-state index < -0.39 is 23.3 Å². The first-order chi connectivity index (χ1) is 7.88. The largest absolute Gasteiger partial charge is 0.467 e. The van der Waals surface area contributed by atoms with Crippen LogP contribution in [0.4, 0.5) is 5.82 Å². The van der Waals surface area contributed by atoms with Gasteiger partial charge in [-0.25, -0.2) is 9.59 Å². The molecule has 1 rings (SSSR count). The van der Waals surface area contributed by atoms with Gasteiger partial charge in [0.1, 0.15) is 11.9 Å². The van der Waals surface area contributed by atoms with Crippen LogP contribution in [-0.4, -0.2) is 28.3 Å². The molecular weight excluding hydrogens is 226 g/mol. The second kappa shape index (κ2) is 4.86. The number of rotatable bonds is 3. The minimum absolute atomic E-state index is 0.274. The third kappa shape index (κ3) is 2.55. The van der Waals surface area contributed by atoms with Gasteiger partial charge in [0.25, 0.3) is 5.56 Å². The summed E-state index contributed by atoms with van der Waals surface area (Å²) in [6, 6.07) is 0.610. The zero-order chi connectivity index (χ0) is 13.2. The second-order valence-electron chi connectivity index (χ2n) is 3.66. The molecular formula is C10H15N3O4. The van der Waals surface area contributed by atoms with Crippen molar-refractivity contribution in [1.82, 2.24) is 9.13 Å². The Labute approximate surface area is 97.6 Å². The van der Waals surface area contributed by atoms with Gasteiger partial charge in [-0.1, -0.05) is 0 Å². The molecule has 0 radical (unpaired) electrons. The Hall–Kier alpha value is -2.05. The number of hydrogen-bond acceptors (Lipinski definition) is 5. The summed E-state index contributed by atoms with van der Waals surface area (Å²) in [5.74, 6) is -0.200. The molecule has 0 spiro atoms. The van der Waals surface area contributed by atoms with Gasteiger partial charge in [-0.2, -0.15) is 0 Å². The van der Waals surface area contributed by atoms with Crippen LogP contribution in [0.3, 0.4) is 0 Å². The lowest BCUT2D eigenvalue weighted by atomic mass is 10.3. The molecule has 1 aromatic rings. The smallest absolute Gasteiger partial charge is 0.332 e. The summed E-state index contributed by atoms with van der Waals surface area (Å²) >= 11 is 0. The number of carbonyl (C=O) groups excluding carboxylic acids is 1. The van der Waals surface area contributed by atoms with Crippen molar-refractivity contribution in [2.45, 2.75) is 13.0 Å². The van der Waals surface area contributed by atoms with E-state index in [1.807, 2.05) is 0 Å². The molecule has 94 valence electrons. The quantitative estimate of drug-likeness (QED) is 0.690. The summed E-state index contributed by atoms with van der Waals surface area (Å²) in [7, 11) is 4.16. The molecule has 0 aliphatic carbocycles. The topological polar surface area (TPSA) is 82.3 Å². The molecule has 7 nitrogen and oxygen atoms in total. The van der Waals surface area contributed by atoms with E-state index >= 15 is 0 Å². The van der Waals surface area contributed by atoms with Gasteiger partial charge < -0.3 is 10.1 Å². The molecule has 17 heavy (non-hydrogen) atoms. The highest BCUT2D eigenvalue weighted by Crippen LogP contribution is 2.02. The summed E-state index contributed by atoms with van der Waals surface area (Å²) in [5.41, 5.74) is -0.898. The van der Waals surface area contributed by atoms with Crippen molar-refractivity contribution in [3.8, 4) is 0 Å². The van der Waals surface area contributed by atoms with Crippen LogP contribution >= 0.6 is 0 Å². The van der Waals surface area contributed by atoms with Gasteiger partial charge >= 0.3 is 11.7 Å². The first-order valence-electron chi connectivity index (χ1n) is 5.00. The number of hydrogen-bond donors (Lipinski definition) is 1. The summed E-state index contributed by atoms with van der Waals surface area (Å²) < 4.78 is 6.77. The molecule has 0 amide bonds. The van der Waals surface area contributed by atoms with Crippen LogP contribution in [0.5, 0.6) is 0 Å². The van der Waals surface area contributed by atoms with E-state index in [9.17, 15) is 14.4 Å². The van der Waals surface area contributed by atoms with E-state index in [1.165, 1.54) is 31.8 Å². The van der Waals surface area contributed by atoms with E-state index in [1.54, 1.807) is 6.92 Å². The fourth-order valence-electron chi connectivity index (χ4n) is 1.33. The molecule has 1 aromatic heterocycles. The SMILES string of the molecule is COC(=O)C(C)Nc1cc(=O)n(C)c(=O)n1C. The lowest BCUT2D eigenvalue weighted by Crippen LogP contribution is -2.39. The van der Waals surface area contributed by atoms with Crippen molar-refractivity contribution in [2.24, 2.45) is 14.1 Å². The Bertz CT molecular complexity index is 543. The second-order valence-corrected chi connectivity index (χ2v) is 3.66. The van der Waals surface area contributed by atoms with Crippen LogP contribution in [0.1, 0.15) is 6.92 Å². The molecule has 7 heteroatoms. The highest BCUT2D eigenvalue weighted by Gasteiger charge is 2.15. The number of methoxy groups -OCH3 is 1. The molecule has 0 saturated carbocycles. The minimum atomic E-state index is -0.641. The summed E-state index contributed by atoms with van der Waals surface area (Å²) in [6.45, 7) is 1.58. The zero-order valence-corrected chi connectivity index (χ0v) is 10.2. The summed E-state index contributed by atoms with van der Waals surface area (Å²) in [6.07, 6.45) is 0. The van der Waals surface area contributed by atoms with Crippen LogP contribution in [-0.2, 0) is 23.6 Å². The zero-order valence-electron chi connectivity index (χ0n) is 10.2. The number of nitrogens with one attached hydrogen (secondary N) is 1. The molecule has 0 fully saturated rings. The highest BCUT2D eigenvalue weighted by molar-refractivity contribution is 5.78. The first kappa shape index (κ1) is 13.0. The number of nitrogens with zero attached hydrogens (tertiary/aromatic N) is 2. The van der Waals surface area contributed by atoms with Crippen molar-refractivity contribution in [1.29, 1.82) is 0 Å². The average Bonchev–Trinajstić information content (AvgIpc) is 2.32. The Morgan fingerprint density at radius 3 is 2.47 bits per heavy atom. The van der Waals surface area contributed by atoms with Gasteiger partial charge in [0.15, 0.2) is 0 Å². The standard InChI is InChI=1S/C10H15N3O4/c1-6(9(15)17-4)11-7-5-8(14)13(3)10(16)12(7)2/h5-6,11H,1-4H3. The van der Waals surface area contributed by atoms with Crippen molar-refractivity contribution in [2.75, 3.05) is 12.4 Å². The molecule has 1 N–H and O–H groups in total. The van der Waals surface area contributed by atoms with E-state index in [-0.39, 0.29) is 5.82 Å². The van der Waals surface area contributed by atoms with Crippen molar-refractivity contribution < 1.29 is 9.53 Å². The molecule has 0 aliphatic rings. The monoisotopic (exact) mass is 241 g/mol. The maximum atomic E-state index is 11.6. The predicted molar refractivity (Wildman–Crippen MR) is 62.0 cm³/mol. The van der Waals surface area contributed by atoms with Gasteiger partial charge in [-0.05, 0) is 6.92 Å². The van der Waals surface area contributed by atoms with Gasteiger partial charge in [0.2, 0.25) is 0 Å². The molecule has 1 heterocycles. The van der Waals surface area contributed by atoms with Gasteiger partial charge in [-0.3, -0.25) is 13.9 Å². The molecule has 0 saturated heterocycles. The van der Waals surface area contributed by atoms with Crippen LogP contribution in [0.25, 0.3) is 0 Å². The van der Waals surface area contributed by atoms with Crippen molar-refractivity contribution >= 4 is 11.8 Å². The highest BCUT2D eigenvalue weighted by atomic mass is 16.5. The Kier molecular flexibility index (Phi) is 3.72. The summed E-state index contributed by atoms with van der Waals surface area (Å²) in [5, 5.41) is 2.74. The molecule has 0 bridgehead atoms. The fraction of sp³-hybridized carbons (Fsp3) is 0.500. The minimum Gasteiger partial charge on any atom is -0.467 e. The van der Waals surface area contributed by atoms with Crippen LogP contribution in [0.15, 0.2) is 15.7 Å². The van der Waals surface area contributed by atoms with Gasteiger partial charge in [-0.15, -0.1) is 0 Å². The number of aromatic nitrogens is 2. The third-order valence-corrected chi connectivity index (χ3v) is 2.45. The van der Waals surface area contributed by atoms with E-state index in [0.29, 0.717) is 0 Å². The van der Waals surface area contributed by atoms with E-state index in [2.05, 4.69) is 10.1 Å². The van der Waals surface area contributed by atoms with Crippen LogP contribution < -0.4 is 16.6 Å². The van der Waals surface area contributed by atoms with Crippen LogP contribution in [0, 0.1) is 0 Å². The number of ether oxygens (including phenoxy) is 1. The maximum Gasteiger partial charge on any atom is 0.332 e. The predicted octanol–water partition coefficient (Wildman–Crippen LogP) is -0.943. The van der Waals surface area contributed by atoms with Gasteiger partial charge in [0, 0.05) is 20.2 Å². The lowest BCUT2D eigenvalue weighted by Gasteiger charge is -2.15. The van der Waals surface area contributed by atoms with E-state index in [0.717, 1.165) is 4.57 Å². The number of carbonyl (C=O) groups is 1. The Morgan fingerprint density at radius 2 is 1.94 bits per heavy atom. The van der Waals surface area contributed by atoms with Crippen LogP contribution in [0.2, 0.25) is 0 Å². The average molecular weight is 241 g/mol. The maximum absolute atomic E-state index is 11.6. The first-order valence-corrected chi connectivity index (χ1v) is 5.00. The lowest BCUT2D eigenvalue weighted by molar-refractivity contribution is -0.141.